The van der Waals surface area contributed by atoms with E-state index in [9.17, 15) is 14.7 Å². The number of carbonyl (C=O) groups is 2. The fraction of sp³-hybridized carbons (Fsp3) is 0.429. The SMILES string of the molecule is CC(C)(C)OCCC(NC(=O)CCc1ccc2ccccc2c1)C(=O)O. The maximum absolute atomic E-state index is 12.1. The zero-order valence-electron chi connectivity index (χ0n) is 15.6. The maximum atomic E-state index is 12.1. The second-order valence-electron chi connectivity index (χ2n) is 7.39. The highest BCUT2D eigenvalue weighted by atomic mass is 16.5. The Kier molecular flexibility index (Phi) is 6.75. The van der Waals surface area contributed by atoms with Crippen LogP contribution in [-0.2, 0) is 20.7 Å². The summed E-state index contributed by atoms with van der Waals surface area (Å²) in [6.07, 6.45) is 1.07. The summed E-state index contributed by atoms with van der Waals surface area (Å²) < 4.78 is 5.55. The van der Waals surface area contributed by atoms with Crippen molar-refractivity contribution in [1.82, 2.24) is 5.32 Å². The molecule has 0 bridgehead atoms. The van der Waals surface area contributed by atoms with Crippen molar-refractivity contribution >= 4 is 22.6 Å². The lowest BCUT2D eigenvalue weighted by Crippen LogP contribution is -2.42. The van der Waals surface area contributed by atoms with Crippen molar-refractivity contribution in [2.75, 3.05) is 6.61 Å². The molecule has 140 valence electrons. The number of rotatable bonds is 8. The van der Waals surface area contributed by atoms with E-state index in [1.807, 2.05) is 57.2 Å². The minimum Gasteiger partial charge on any atom is -0.480 e. The first-order valence-corrected chi connectivity index (χ1v) is 8.88. The zero-order chi connectivity index (χ0) is 19.2. The summed E-state index contributed by atoms with van der Waals surface area (Å²) in [5.74, 6) is -1.30. The summed E-state index contributed by atoms with van der Waals surface area (Å²) in [6.45, 7) is 6.01. The van der Waals surface area contributed by atoms with E-state index in [0.29, 0.717) is 6.42 Å². The zero-order valence-corrected chi connectivity index (χ0v) is 15.6. The highest BCUT2D eigenvalue weighted by Gasteiger charge is 2.21. The number of carbonyl (C=O) groups excluding carboxylic acids is 1. The second-order valence-corrected chi connectivity index (χ2v) is 7.39. The van der Waals surface area contributed by atoms with Gasteiger partial charge in [-0.3, -0.25) is 4.79 Å². The number of amides is 1. The predicted octanol–water partition coefficient (Wildman–Crippen LogP) is 3.55. The van der Waals surface area contributed by atoms with Gasteiger partial charge in [-0.25, -0.2) is 4.79 Å². The number of carboxylic acids is 1. The summed E-state index contributed by atoms with van der Waals surface area (Å²) in [7, 11) is 0. The van der Waals surface area contributed by atoms with Crippen LogP contribution in [0.1, 0.15) is 39.2 Å². The molecule has 0 saturated carbocycles. The number of fused-ring (bicyclic) bond motifs is 1. The van der Waals surface area contributed by atoms with Crippen LogP contribution in [0.25, 0.3) is 10.8 Å². The van der Waals surface area contributed by atoms with E-state index in [0.717, 1.165) is 16.3 Å². The fourth-order valence-corrected chi connectivity index (χ4v) is 2.66. The number of nitrogens with one attached hydrogen (secondary N) is 1. The first-order valence-electron chi connectivity index (χ1n) is 8.88. The van der Waals surface area contributed by atoms with Crippen molar-refractivity contribution in [3.63, 3.8) is 0 Å². The largest absolute Gasteiger partial charge is 0.480 e. The Hall–Kier alpha value is -2.40. The first kappa shape index (κ1) is 19.9. The van der Waals surface area contributed by atoms with Crippen LogP contribution in [0, 0.1) is 0 Å². The number of hydrogen-bond donors (Lipinski definition) is 2. The molecule has 2 aromatic carbocycles. The molecule has 0 fully saturated rings. The lowest BCUT2D eigenvalue weighted by Gasteiger charge is -2.21. The fourth-order valence-electron chi connectivity index (χ4n) is 2.66. The van der Waals surface area contributed by atoms with Gasteiger partial charge in [-0.1, -0.05) is 42.5 Å². The molecule has 2 aromatic rings. The molecule has 0 aliphatic heterocycles. The first-order chi connectivity index (χ1) is 12.2. The quantitative estimate of drug-likeness (QED) is 0.758. The Bertz CT molecular complexity index is 764. The molecule has 0 spiro atoms. The molecular weight excluding hydrogens is 330 g/mol. The van der Waals surface area contributed by atoms with Gasteiger partial charge in [0.05, 0.1) is 5.60 Å². The third-order valence-electron chi connectivity index (χ3n) is 4.03. The smallest absolute Gasteiger partial charge is 0.326 e. The lowest BCUT2D eigenvalue weighted by atomic mass is 10.0. The van der Waals surface area contributed by atoms with Crippen molar-refractivity contribution in [3.8, 4) is 0 Å². The van der Waals surface area contributed by atoms with Gasteiger partial charge in [0.15, 0.2) is 0 Å². The van der Waals surface area contributed by atoms with Crippen LogP contribution in [0.3, 0.4) is 0 Å². The molecular formula is C21H27NO4. The molecule has 2 rings (SSSR count). The van der Waals surface area contributed by atoms with E-state index in [1.165, 1.54) is 0 Å². The van der Waals surface area contributed by atoms with Crippen molar-refractivity contribution in [1.29, 1.82) is 0 Å². The lowest BCUT2D eigenvalue weighted by molar-refractivity contribution is -0.142. The third-order valence-corrected chi connectivity index (χ3v) is 4.03. The van der Waals surface area contributed by atoms with Crippen LogP contribution < -0.4 is 5.32 Å². The molecule has 26 heavy (non-hydrogen) atoms. The van der Waals surface area contributed by atoms with Crippen LogP contribution in [-0.4, -0.2) is 35.2 Å². The van der Waals surface area contributed by atoms with Gasteiger partial charge in [-0.05, 0) is 43.5 Å². The predicted molar refractivity (Wildman–Crippen MR) is 102 cm³/mol. The summed E-state index contributed by atoms with van der Waals surface area (Å²) in [5.41, 5.74) is 0.727. The summed E-state index contributed by atoms with van der Waals surface area (Å²) in [5, 5.41) is 14.2. The maximum Gasteiger partial charge on any atom is 0.326 e. The van der Waals surface area contributed by atoms with E-state index >= 15 is 0 Å². The monoisotopic (exact) mass is 357 g/mol. The van der Waals surface area contributed by atoms with Crippen LogP contribution >= 0.6 is 0 Å². The van der Waals surface area contributed by atoms with Gasteiger partial charge >= 0.3 is 5.97 Å². The standard InChI is InChI=1S/C21H27NO4/c1-21(2,3)26-13-12-18(20(24)25)22-19(23)11-9-15-8-10-16-6-4-5-7-17(16)14-15/h4-8,10,14,18H,9,11-13H2,1-3H3,(H,22,23)(H,24,25). The van der Waals surface area contributed by atoms with Gasteiger partial charge in [0.1, 0.15) is 6.04 Å². The molecule has 1 unspecified atom stereocenters. The number of aliphatic carboxylic acids is 1. The molecule has 0 aliphatic rings. The Balaban J connectivity index is 1.85. The molecule has 0 saturated heterocycles. The van der Waals surface area contributed by atoms with Gasteiger partial charge < -0.3 is 15.2 Å². The molecule has 1 atom stereocenters. The van der Waals surface area contributed by atoms with E-state index in [1.54, 1.807) is 0 Å². The number of benzene rings is 2. The Morgan fingerprint density at radius 2 is 1.81 bits per heavy atom. The van der Waals surface area contributed by atoms with Crippen LogP contribution in [0.5, 0.6) is 0 Å². The number of carboxylic acid groups (broad SMARTS) is 1. The summed E-state index contributed by atoms with van der Waals surface area (Å²) >= 11 is 0. The molecule has 0 aromatic heterocycles. The van der Waals surface area contributed by atoms with Crippen molar-refractivity contribution in [2.24, 2.45) is 0 Å². The molecule has 1 amide bonds. The number of hydrogen-bond acceptors (Lipinski definition) is 3. The van der Waals surface area contributed by atoms with Crippen LogP contribution in [0.2, 0.25) is 0 Å². The highest BCUT2D eigenvalue weighted by molar-refractivity contribution is 5.84. The van der Waals surface area contributed by atoms with Crippen molar-refractivity contribution < 1.29 is 19.4 Å². The molecule has 0 aliphatic carbocycles. The van der Waals surface area contributed by atoms with Crippen molar-refractivity contribution in [3.05, 3.63) is 48.0 Å². The topological polar surface area (TPSA) is 75.6 Å². The Morgan fingerprint density at radius 3 is 2.46 bits per heavy atom. The van der Waals surface area contributed by atoms with Crippen LogP contribution in [0.15, 0.2) is 42.5 Å². The van der Waals surface area contributed by atoms with Gasteiger partial charge in [-0.15, -0.1) is 0 Å². The average Bonchev–Trinajstić information content (AvgIpc) is 2.57. The van der Waals surface area contributed by atoms with E-state index in [2.05, 4.69) is 11.4 Å². The molecule has 0 radical (unpaired) electrons. The summed E-state index contributed by atoms with van der Waals surface area (Å²) in [4.78, 5) is 23.5. The normalized spacial score (nSPS) is 12.7. The minimum atomic E-state index is -1.04. The second kappa shape index (κ2) is 8.81. The molecule has 5 heteroatoms. The number of aryl methyl sites for hydroxylation is 1. The van der Waals surface area contributed by atoms with Gasteiger partial charge in [0.2, 0.25) is 5.91 Å². The molecule has 5 nitrogen and oxygen atoms in total. The van der Waals surface area contributed by atoms with E-state index < -0.39 is 12.0 Å². The summed E-state index contributed by atoms with van der Waals surface area (Å²) in [6, 6.07) is 13.2. The third kappa shape index (κ3) is 6.48. The van der Waals surface area contributed by atoms with Gasteiger partial charge in [-0.2, -0.15) is 0 Å². The van der Waals surface area contributed by atoms with E-state index in [4.69, 9.17) is 4.74 Å². The van der Waals surface area contributed by atoms with Crippen LogP contribution in [0.4, 0.5) is 0 Å². The average molecular weight is 357 g/mol. The van der Waals surface area contributed by atoms with E-state index in [-0.39, 0.29) is 31.0 Å². The van der Waals surface area contributed by atoms with Gasteiger partial charge in [0.25, 0.3) is 0 Å². The molecule has 0 heterocycles. The Labute approximate surface area is 154 Å². The highest BCUT2D eigenvalue weighted by Crippen LogP contribution is 2.16. The Morgan fingerprint density at radius 1 is 1.12 bits per heavy atom. The van der Waals surface area contributed by atoms with Gasteiger partial charge in [0, 0.05) is 19.4 Å². The minimum absolute atomic E-state index is 0.244. The van der Waals surface area contributed by atoms with Crippen molar-refractivity contribution in [2.45, 2.75) is 51.7 Å². The number of ether oxygens (including phenoxy) is 1. The molecule has 2 N–H and O–H groups in total.